The summed E-state index contributed by atoms with van der Waals surface area (Å²) in [6.45, 7) is 7.85. The molecule has 1 saturated heterocycles. The van der Waals surface area contributed by atoms with Gasteiger partial charge in [-0.1, -0.05) is 6.07 Å². The molecule has 0 aromatic carbocycles. The molecule has 2 heterocycles. The molecule has 0 unspecified atom stereocenters. The van der Waals surface area contributed by atoms with Gasteiger partial charge in [-0.15, -0.1) is 35.3 Å². The number of aliphatic imine (C=N–C) groups is 1. The quantitative estimate of drug-likeness (QED) is 0.424. The Bertz CT molecular complexity index is 425. The van der Waals surface area contributed by atoms with Gasteiger partial charge in [-0.05, 0) is 44.6 Å². The third-order valence-electron chi connectivity index (χ3n) is 4.07. The molecular formula is C16H29IN4S. The molecule has 0 aliphatic carbocycles. The molecule has 1 aliphatic heterocycles. The molecule has 1 aliphatic rings. The van der Waals surface area contributed by atoms with Gasteiger partial charge in [0.1, 0.15) is 0 Å². The van der Waals surface area contributed by atoms with Crippen molar-refractivity contribution in [1.29, 1.82) is 0 Å². The van der Waals surface area contributed by atoms with E-state index < -0.39 is 0 Å². The third kappa shape index (κ3) is 6.42. The number of halogens is 1. The van der Waals surface area contributed by atoms with E-state index in [0.29, 0.717) is 12.1 Å². The highest BCUT2D eigenvalue weighted by Gasteiger charge is 2.21. The van der Waals surface area contributed by atoms with Crippen LogP contribution in [0.4, 0.5) is 0 Å². The number of thiophene rings is 1. The Morgan fingerprint density at radius 1 is 1.41 bits per heavy atom. The Balaban J connectivity index is 0.00000242. The molecule has 1 aromatic heterocycles. The van der Waals surface area contributed by atoms with Crippen molar-refractivity contribution in [2.24, 2.45) is 4.99 Å². The molecule has 0 saturated carbocycles. The van der Waals surface area contributed by atoms with Crippen LogP contribution in [0.3, 0.4) is 0 Å². The molecule has 2 N–H and O–H groups in total. The van der Waals surface area contributed by atoms with Crippen LogP contribution in [0.5, 0.6) is 0 Å². The number of hydrogen-bond donors (Lipinski definition) is 2. The summed E-state index contributed by atoms with van der Waals surface area (Å²) in [7, 11) is 1.85. The van der Waals surface area contributed by atoms with Gasteiger partial charge in [-0.25, -0.2) is 0 Å². The van der Waals surface area contributed by atoms with Crippen molar-refractivity contribution >= 4 is 41.3 Å². The normalized spacial score (nSPS) is 17.4. The molecule has 22 heavy (non-hydrogen) atoms. The number of guanidine groups is 1. The van der Waals surface area contributed by atoms with Gasteiger partial charge in [0.25, 0.3) is 0 Å². The van der Waals surface area contributed by atoms with Crippen LogP contribution >= 0.6 is 35.3 Å². The lowest BCUT2D eigenvalue weighted by molar-refractivity contribution is 0.167. The topological polar surface area (TPSA) is 39.7 Å². The van der Waals surface area contributed by atoms with Crippen LogP contribution in [-0.4, -0.2) is 49.6 Å². The van der Waals surface area contributed by atoms with Crippen molar-refractivity contribution in [3.05, 3.63) is 22.4 Å². The van der Waals surface area contributed by atoms with Gasteiger partial charge in [-0.2, -0.15) is 0 Å². The Hall–Kier alpha value is -0.340. The zero-order valence-corrected chi connectivity index (χ0v) is 17.0. The smallest absolute Gasteiger partial charge is 0.191 e. The largest absolute Gasteiger partial charge is 0.356 e. The van der Waals surface area contributed by atoms with E-state index >= 15 is 0 Å². The minimum atomic E-state index is 0. The van der Waals surface area contributed by atoms with Gasteiger partial charge in [-0.3, -0.25) is 4.99 Å². The van der Waals surface area contributed by atoms with Crippen LogP contribution in [0.1, 0.15) is 31.6 Å². The average Bonchev–Trinajstić information content (AvgIpc) is 3.00. The summed E-state index contributed by atoms with van der Waals surface area (Å²) in [4.78, 5) is 8.31. The number of nitrogens with zero attached hydrogens (tertiary/aromatic N) is 2. The van der Waals surface area contributed by atoms with E-state index in [9.17, 15) is 0 Å². The zero-order valence-electron chi connectivity index (χ0n) is 13.8. The van der Waals surface area contributed by atoms with Crippen molar-refractivity contribution in [2.45, 2.75) is 45.2 Å². The van der Waals surface area contributed by atoms with E-state index in [0.717, 1.165) is 18.9 Å². The van der Waals surface area contributed by atoms with Crippen LogP contribution in [0, 0.1) is 0 Å². The Kier molecular flexibility index (Phi) is 9.35. The second kappa shape index (κ2) is 10.4. The number of hydrogen-bond acceptors (Lipinski definition) is 3. The van der Waals surface area contributed by atoms with E-state index in [1.165, 1.54) is 30.8 Å². The van der Waals surface area contributed by atoms with Gasteiger partial charge in [0, 0.05) is 43.6 Å². The maximum Gasteiger partial charge on any atom is 0.191 e. The number of piperidine rings is 1. The second-order valence-electron chi connectivity index (χ2n) is 5.88. The zero-order chi connectivity index (χ0) is 15.1. The molecule has 0 radical (unpaired) electrons. The monoisotopic (exact) mass is 436 g/mol. The minimum absolute atomic E-state index is 0. The van der Waals surface area contributed by atoms with Gasteiger partial charge < -0.3 is 15.5 Å². The summed E-state index contributed by atoms with van der Waals surface area (Å²) in [5.74, 6) is 0.939. The summed E-state index contributed by atoms with van der Waals surface area (Å²) in [5.41, 5.74) is 0. The lowest BCUT2D eigenvalue weighted by Crippen LogP contribution is -2.50. The molecule has 126 valence electrons. The molecule has 6 heteroatoms. The highest BCUT2D eigenvalue weighted by Crippen LogP contribution is 2.13. The fourth-order valence-corrected chi connectivity index (χ4v) is 3.42. The predicted octanol–water partition coefficient (Wildman–Crippen LogP) is 2.95. The number of likely N-dealkylation sites (tertiary alicyclic amines) is 1. The minimum Gasteiger partial charge on any atom is -0.356 e. The maximum atomic E-state index is 4.34. The van der Waals surface area contributed by atoms with Crippen LogP contribution in [0.15, 0.2) is 22.5 Å². The van der Waals surface area contributed by atoms with Gasteiger partial charge in [0.2, 0.25) is 0 Å². The fraction of sp³-hybridized carbons (Fsp3) is 0.688. The van der Waals surface area contributed by atoms with E-state index in [-0.39, 0.29) is 24.0 Å². The van der Waals surface area contributed by atoms with Crippen LogP contribution < -0.4 is 10.6 Å². The summed E-state index contributed by atoms with van der Waals surface area (Å²) in [6.07, 6.45) is 3.46. The predicted molar refractivity (Wildman–Crippen MR) is 108 cm³/mol. The van der Waals surface area contributed by atoms with E-state index in [2.05, 4.69) is 51.9 Å². The Morgan fingerprint density at radius 3 is 2.68 bits per heavy atom. The molecule has 0 atom stereocenters. The van der Waals surface area contributed by atoms with Crippen molar-refractivity contribution in [3.8, 4) is 0 Å². The molecule has 4 nitrogen and oxygen atoms in total. The first-order valence-electron chi connectivity index (χ1n) is 7.92. The number of nitrogens with one attached hydrogen (secondary N) is 2. The van der Waals surface area contributed by atoms with Crippen LogP contribution in [0.2, 0.25) is 0 Å². The number of rotatable bonds is 5. The van der Waals surface area contributed by atoms with Gasteiger partial charge in [0.05, 0.1) is 0 Å². The van der Waals surface area contributed by atoms with Crippen LogP contribution in [-0.2, 0) is 6.42 Å². The lowest BCUT2D eigenvalue weighted by Gasteiger charge is -2.35. The molecule has 0 spiro atoms. The standard InChI is InChI=1S/C16H28N4S.HI/c1-13(2)20-10-7-14(8-11-20)19-16(17-3)18-9-6-15-5-4-12-21-15;/h4-5,12-14H,6-11H2,1-3H3,(H2,17,18,19);1H. The average molecular weight is 436 g/mol. The van der Waals surface area contributed by atoms with Gasteiger partial charge in [0.15, 0.2) is 5.96 Å². The molecule has 0 amide bonds. The van der Waals surface area contributed by atoms with Crippen LogP contribution in [0.25, 0.3) is 0 Å². The summed E-state index contributed by atoms with van der Waals surface area (Å²) in [6, 6.07) is 5.50. The Morgan fingerprint density at radius 2 is 2.14 bits per heavy atom. The Labute approximate surface area is 155 Å². The highest BCUT2D eigenvalue weighted by molar-refractivity contribution is 14.0. The summed E-state index contributed by atoms with van der Waals surface area (Å²) >= 11 is 1.81. The maximum absolute atomic E-state index is 4.34. The van der Waals surface area contributed by atoms with E-state index in [4.69, 9.17) is 0 Å². The fourth-order valence-electron chi connectivity index (χ4n) is 2.71. The molecule has 0 bridgehead atoms. The van der Waals surface area contributed by atoms with Crippen molar-refractivity contribution in [3.63, 3.8) is 0 Å². The molecule has 2 rings (SSSR count). The first-order chi connectivity index (χ1) is 10.2. The molecular weight excluding hydrogens is 407 g/mol. The van der Waals surface area contributed by atoms with E-state index in [1.807, 2.05) is 18.4 Å². The highest BCUT2D eigenvalue weighted by atomic mass is 127. The van der Waals surface area contributed by atoms with Crippen molar-refractivity contribution < 1.29 is 0 Å². The molecule has 1 aromatic rings. The van der Waals surface area contributed by atoms with E-state index in [1.54, 1.807) is 0 Å². The van der Waals surface area contributed by atoms with Crippen molar-refractivity contribution in [2.75, 3.05) is 26.7 Å². The second-order valence-corrected chi connectivity index (χ2v) is 6.91. The SMILES string of the molecule is CN=C(NCCc1cccs1)NC1CCN(C(C)C)CC1.I. The summed E-state index contributed by atoms with van der Waals surface area (Å²) < 4.78 is 0. The lowest BCUT2D eigenvalue weighted by atomic mass is 10.0. The summed E-state index contributed by atoms with van der Waals surface area (Å²) in [5, 5.41) is 9.11. The molecule has 1 fully saturated rings. The first kappa shape index (κ1) is 19.7. The van der Waals surface area contributed by atoms with Gasteiger partial charge >= 0.3 is 0 Å². The first-order valence-corrected chi connectivity index (χ1v) is 8.80. The third-order valence-corrected chi connectivity index (χ3v) is 5.00. The van der Waals surface area contributed by atoms with Crippen molar-refractivity contribution in [1.82, 2.24) is 15.5 Å².